The predicted molar refractivity (Wildman–Crippen MR) is 131 cm³/mol. The molecule has 29 heavy (non-hydrogen) atoms. The summed E-state index contributed by atoms with van der Waals surface area (Å²) in [6.45, 7) is 10.3. The Kier molecular flexibility index (Phi) is 9.22. The lowest BCUT2D eigenvalue weighted by Crippen LogP contribution is -2.38. The molecule has 0 aliphatic rings. The predicted octanol–water partition coefficient (Wildman–Crippen LogP) is 5.07. The number of hydrogen-bond acceptors (Lipinski definition) is 5. The number of guanidine groups is 1. The second kappa shape index (κ2) is 11.4. The molecule has 3 aromatic rings. The highest BCUT2D eigenvalue weighted by Gasteiger charge is 2.15. The first kappa shape index (κ1) is 23.5. The number of nitrogens with one attached hydrogen (secondary N) is 2. The van der Waals surface area contributed by atoms with E-state index in [4.69, 9.17) is 9.15 Å². The van der Waals surface area contributed by atoms with Crippen molar-refractivity contribution in [2.45, 2.75) is 40.2 Å². The molecule has 8 heteroatoms. The van der Waals surface area contributed by atoms with Crippen LogP contribution in [0, 0.1) is 6.92 Å². The zero-order chi connectivity index (χ0) is 19.9. The summed E-state index contributed by atoms with van der Waals surface area (Å²) in [4.78, 5) is 10.3. The Hall–Kier alpha value is -1.81. The highest BCUT2D eigenvalue weighted by molar-refractivity contribution is 14.0. The maximum absolute atomic E-state index is 6.09. The number of nitrogens with zero attached hydrogens (tertiary/aromatic N) is 2. The van der Waals surface area contributed by atoms with Gasteiger partial charge in [-0.3, -0.25) is 4.99 Å². The molecule has 0 fully saturated rings. The first-order valence-electron chi connectivity index (χ1n) is 9.72. The SMILES string of the molecule is CCNC(=NCCc1ncc(C)s1)NC(C)c1cc2cccc(OCC)c2o1.I. The van der Waals surface area contributed by atoms with E-state index in [0.29, 0.717) is 13.2 Å². The average Bonchev–Trinajstić information content (AvgIpc) is 3.29. The molecule has 0 aliphatic heterocycles. The fraction of sp³-hybridized carbons (Fsp3) is 0.429. The van der Waals surface area contributed by atoms with Crippen LogP contribution in [0.1, 0.15) is 42.5 Å². The van der Waals surface area contributed by atoms with E-state index < -0.39 is 0 Å². The van der Waals surface area contributed by atoms with Gasteiger partial charge in [-0.1, -0.05) is 12.1 Å². The second-order valence-corrected chi connectivity index (χ2v) is 7.82. The van der Waals surface area contributed by atoms with Crippen LogP contribution in [0.4, 0.5) is 0 Å². The summed E-state index contributed by atoms with van der Waals surface area (Å²) >= 11 is 1.72. The number of rotatable bonds is 8. The number of thiazole rings is 1. The number of aromatic nitrogens is 1. The topological polar surface area (TPSA) is 71.7 Å². The van der Waals surface area contributed by atoms with Gasteiger partial charge in [-0.25, -0.2) is 4.98 Å². The highest BCUT2D eigenvalue weighted by atomic mass is 127. The van der Waals surface area contributed by atoms with Crippen LogP contribution in [0.15, 0.2) is 39.9 Å². The van der Waals surface area contributed by atoms with Crippen molar-refractivity contribution in [3.63, 3.8) is 0 Å². The van der Waals surface area contributed by atoms with Crippen LogP contribution in [-0.4, -0.2) is 30.6 Å². The van der Waals surface area contributed by atoms with Gasteiger partial charge in [-0.05, 0) is 39.8 Å². The van der Waals surface area contributed by atoms with Gasteiger partial charge in [0.2, 0.25) is 0 Å². The van der Waals surface area contributed by atoms with Gasteiger partial charge in [0.05, 0.1) is 17.7 Å². The number of aryl methyl sites for hydroxylation is 1. The van der Waals surface area contributed by atoms with Crippen molar-refractivity contribution in [2.75, 3.05) is 19.7 Å². The van der Waals surface area contributed by atoms with E-state index in [2.05, 4.69) is 47.4 Å². The maximum atomic E-state index is 6.09. The monoisotopic (exact) mass is 528 g/mol. The zero-order valence-corrected chi connectivity index (χ0v) is 20.5. The molecule has 1 unspecified atom stereocenters. The van der Waals surface area contributed by atoms with Gasteiger partial charge in [0.15, 0.2) is 17.3 Å². The summed E-state index contributed by atoms with van der Waals surface area (Å²) in [5.41, 5.74) is 0.786. The molecule has 0 amide bonds. The van der Waals surface area contributed by atoms with Gasteiger partial charge in [0.25, 0.3) is 0 Å². The van der Waals surface area contributed by atoms with Gasteiger partial charge >= 0.3 is 0 Å². The molecular weight excluding hydrogens is 499 g/mol. The molecule has 0 spiro atoms. The Labute approximate surface area is 193 Å². The summed E-state index contributed by atoms with van der Waals surface area (Å²) in [6.07, 6.45) is 2.75. The van der Waals surface area contributed by atoms with Crippen LogP contribution in [0.5, 0.6) is 5.75 Å². The van der Waals surface area contributed by atoms with E-state index in [1.54, 1.807) is 11.3 Å². The number of para-hydroxylation sites is 1. The van der Waals surface area contributed by atoms with E-state index in [-0.39, 0.29) is 30.0 Å². The molecule has 0 radical (unpaired) electrons. The quantitative estimate of drug-likeness (QED) is 0.243. The van der Waals surface area contributed by atoms with E-state index >= 15 is 0 Å². The van der Waals surface area contributed by atoms with Crippen molar-refractivity contribution in [1.29, 1.82) is 0 Å². The zero-order valence-electron chi connectivity index (χ0n) is 17.3. The standard InChI is InChI=1S/C21H28N4O2S.HI/c1-5-22-21(23-11-10-19-24-13-14(3)28-19)25-15(4)18-12-16-8-7-9-17(26-6-2)20(16)27-18;/h7-9,12-13,15H,5-6,10-11H2,1-4H3,(H2,22,23,25);1H. The van der Waals surface area contributed by atoms with Gasteiger partial charge in [-0.15, -0.1) is 35.3 Å². The van der Waals surface area contributed by atoms with Crippen LogP contribution < -0.4 is 15.4 Å². The Morgan fingerprint density at radius 1 is 1.34 bits per heavy atom. The third kappa shape index (κ3) is 6.33. The molecule has 6 nitrogen and oxygen atoms in total. The van der Waals surface area contributed by atoms with Crippen LogP contribution in [-0.2, 0) is 6.42 Å². The van der Waals surface area contributed by atoms with Crippen LogP contribution >= 0.6 is 35.3 Å². The number of fused-ring (bicyclic) bond motifs is 1. The van der Waals surface area contributed by atoms with E-state index in [1.165, 1.54) is 4.88 Å². The molecule has 2 aromatic heterocycles. The van der Waals surface area contributed by atoms with Crippen LogP contribution in [0.3, 0.4) is 0 Å². The smallest absolute Gasteiger partial charge is 0.191 e. The van der Waals surface area contributed by atoms with E-state index in [1.807, 2.05) is 31.3 Å². The summed E-state index contributed by atoms with van der Waals surface area (Å²) < 4.78 is 11.8. The molecule has 1 aromatic carbocycles. The first-order valence-corrected chi connectivity index (χ1v) is 10.5. The molecular formula is C21H29IN4O2S. The lowest BCUT2D eigenvalue weighted by molar-refractivity contribution is 0.336. The molecule has 0 aliphatic carbocycles. The summed E-state index contributed by atoms with van der Waals surface area (Å²) in [5, 5.41) is 8.88. The Bertz CT molecular complexity index is 938. The van der Waals surface area contributed by atoms with Crippen molar-refractivity contribution in [3.05, 3.63) is 46.1 Å². The van der Waals surface area contributed by atoms with Gasteiger partial charge in [0, 0.05) is 36.0 Å². The minimum absolute atomic E-state index is 0. The molecule has 1 atom stereocenters. The molecule has 2 heterocycles. The minimum atomic E-state index is -0.0261. The number of aliphatic imine (C=N–C) groups is 1. The Morgan fingerprint density at radius 2 is 2.17 bits per heavy atom. The van der Waals surface area contributed by atoms with Crippen LogP contribution in [0.25, 0.3) is 11.0 Å². The molecule has 2 N–H and O–H groups in total. The normalized spacial score (nSPS) is 12.5. The van der Waals surface area contributed by atoms with Crippen molar-refractivity contribution in [3.8, 4) is 5.75 Å². The number of furan rings is 1. The first-order chi connectivity index (χ1) is 13.6. The van der Waals surface area contributed by atoms with Crippen molar-refractivity contribution < 1.29 is 9.15 Å². The Balaban J connectivity index is 0.00000300. The van der Waals surface area contributed by atoms with Crippen molar-refractivity contribution >= 4 is 52.2 Å². The summed E-state index contributed by atoms with van der Waals surface area (Å²) in [7, 11) is 0. The van der Waals surface area contributed by atoms with Gasteiger partial charge in [0.1, 0.15) is 5.76 Å². The lowest BCUT2D eigenvalue weighted by Gasteiger charge is -2.16. The summed E-state index contributed by atoms with van der Waals surface area (Å²) in [5.74, 6) is 2.40. The van der Waals surface area contributed by atoms with Crippen molar-refractivity contribution in [1.82, 2.24) is 15.6 Å². The van der Waals surface area contributed by atoms with Crippen molar-refractivity contribution in [2.24, 2.45) is 4.99 Å². The maximum Gasteiger partial charge on any atom is 0.191 e. The molecule has 158 valence electrons. The molecule has 0 saturated carbocycles. The highest BCUT2D eigenvalue weighted by Crippen LogP contribution is 2.31. The number of ether oxygens (including phenoxy) is 1. The fourth-order valence-corrected chi connectivity index (χ4v) is 3.69. The lowest BCUT2D eigenvalue weighted by atomic mass is 10.2. The molecule has 0 bridgehead atoms. The summed E-state index contributed by atoms with van der Waals surface area (Å²) in [6, 6.07) is 7.98. The van der Waals surface area contributed by atoms with E-state index in [0.717, 1.165) is 46.4 Å². The molecule has 0 saturated heterocycles. The fourth-order valence-electron chi connectivity index (χ4n) is 2.92. The number of halogens is 1. The third-order valence-electron chi connectivity index (χ3n) is 4.22. The Morgan fingerprint density at radius 3 is 2.86 bits per heavy atom. The van der Waals surface area contributed by atoms with Crippen LogP contribution in [0.2, 0.25) is 0 Å². The number of benzene rings is 1. The molecule has 3 rings (SSSR count). The largest absolute Gasteiger partial charge is 0.490 e. The minimum Gasteiger partial charge on any atom is -0.490 e. The third-order valence-corrected chi connectivity index (χ3v) is 5.19. The second-order valence-electron chi connectivity index (χ2n) is 6.50. The van der Waals surface area contributed by atoms with Gasteiger partial charge in [-0.2, -0.15) is 0 Å². The number of hydrogen-bond donors (Lipinski definition) is 2. The average molecular weight is 528 g/mol. The van der Waals surface area contributed by atoms with Gasteiger partial charge < -0.3 is 19.8 Å². The van der Waals surface area contributed by atoms with E-state index in [9.17, 15) is 0 Å².